The first-order valence-electron chi connectivity index (χ1n) is 7.27. The zero-order valence-corrected chi connectivity index (χ0v) is 13.0. The maximum Gasteiger partial charge on any atom is 0.251 e. The summed E-state index contributed by atoms with van der Waals surface area (Å²) in [6, 6.07) is 4.69. The van der Waals surface area contributed by atoms with Crippen LogP contribution < -0.4 is 10.1 Å². The van der Waals surface area contributed by atoms with E-state index in [1.807, 2.05) is 0 Å². The Balaban J connectivity index is 1.94. The van der Waals surface area contributed by atoms with Gasteiger partial charge in [0.15, 0.2) is 11.5 Å². The Morgan fingerprint density at radius 2 is 2.10 bits per heavy atom. The Morgan fingerprint density at radius 1 is 1.43 bits per heavy atom. The summed E-state index contributed by atoms with van der Waals surface area (Å²) in [6.07, 6.45) is 2.16. The summed E-state index contributed by atoms with van der Waals surface area (Å²) in [5.74, 6) is 0.192. The first-order chi connectivity index (χ1) is 9.93. The van der Waals surface area contributed by atoms with Crippen molar-refractivity contribution in [2.45, 2.75) is 19.8 Å². The second-order valence-corrected chi connectivity index (χ2v) is 6.18. The maximum absolute atomic E-state index is 12.2. The van der Waals surface area contributed by atoms with E-state index in [4.69, 9.17) is 4.74 Å². The molecule has 0 spiro atoms. The van der Waals surface area contributed by atoms with E-state index in [0.717, 1.165) is 25.9 Å². The van der Waals surface area contributed by atoms with Gasteiger partial charge in [-0.1, -0.05) is 6.92 Å². The molecule has 1 aromatic carbocycles. The summed E-state index contributed by atoms with van der Waals surface area (Å²) in [5, 5.41) is 12.7. The van der Waals surface area contributed by atoms with E-state index >= 15 is 0 Å². The lowest BCUT2D eigenvalue weighted by molar-refractivity contribution is 0.0891. The third kappa shape index (κ3) is 3.88. The molecule has 0 radical (unpaired) electrons. The molecule has 0 aromatic heterocycles. The van der Waals surface area contributed by atoms with Crippen molar-refractivity contribution in [2.75, 3.05) is 33.8 Å². The van der Waals surface area contributed by atoms with Crippen molar-refractivity contribution in [3.05, 3.63) is 23.8 Å². The van der Waals surface area contributed by atoms with Crippen LogP contribution in [-0.4, -0.2) is 49.7 Å². The van der Waals surface area contributed by atoms with Gasteiger partial charge in [0, 0.05) is 12.1 Å². The first-order valence-corrected chi connectivity index (χ1v) is 7.27. The van der Waals surface area contributed by atoms with Crippen LogP contribution in [0.1, 0.15) is 30.1 Å². The minimum Gasteiger partial charge on any atom is -0.504 e. The number of benzene rings is 1. The second-order valence-electron chi connectivity index (χ2n) is 6.18. The predicted molar refractivity (Wildman–Crippen MR) is 81.8 cm³/mol. The number of carbonyl (C=O) groups excluding carboxylic acids is 1. The number of carbonyl (C=O) groups is 1. The monoisotopic (exact) mass is 292 g/mol. The summed E-state index contributed by atoms with van der Waals surface area (Å²) < 4.78 is 4.97. The van der Waals surface area contributed by atoms with Gasteiger partial charge in [0.25, 0.3) is 5.91 Å². The molecule has 1 aliphatic heterocycles. The van der Waals surface area contributed by atoms with Crippen molar-refractivity contribution in [3.63, 3.8) is 0 Å². The third-order valence-electron chi connectivity index (χ3n) is 4.31. The average molecular weight is 292 g/mol. The highest BCUT2D eigenvalue weighted by atomic mass is 16.5. The van der Waals surface area contributed by atoms with Crippen molar-refractivity contribution in [2.24, 2.45) is 5.41 Å². The van der Waals surface area contributed by atoms with E-state index in [1.165, 1.54) is 13.2 Å². The SMILES string of the molecule is COc1ccc(C(=O)NCC2(C)CCN(C)CC2)cc1O. The molecule has 5 heteroatoms. The molecular weight excluding hydrogens is 268 g/mol. The zero-order valence-electron chi connectivity index (χ0n) is 13.0. The number of phenols is 1. The summed E-state index contributed by atoms with van der Waals surface area (Å²) >= 11 is 0. The molecule has 0 unspecified atom stereocenters. The van der Waals surface area contributed by atoms with Crippen LogP contribution in [0.3, 0.4) is 0 Å². The van der Waals surface area contributed by atoms with Crippen molar-refractivity contribution < 1.29 is 14.6 Å². The van der Waals surface area contributed by atoms with E-state index in [0.29, 0.717) is 17.9 Å². The molecule has 0 bridgehead atoms. The Hall–Kier alpha value is -1.75. The molecule has 1 saturated heterocycles. The molecule has 0 aliphatic carbocycles. The first kappa shape index (κ1) is 15.6. The number of likely N-dealkylation sites (tertiary alicyclic amines) is 1. The van der Waals surface area contributed by atoms with Crippen molar-refractivity contribution >= 4 is 5.91 Å². The fourth-order valence-electron chi connectivity index (χ4n) is 2.56. The highest BCUT2D eigenvalue weighted by Crippen LogP contribution is 2.30. The van der Waals surface area contributed by atoms with Gasteiger partial charge >= 0.3 is 0 Å². The number of ether oxygens (including phenoxy) is 1. The van der Waals surface area contributed by atoms with Gasteiger partial charge in [0.2, 0.25) is 0 Å². The number of phenolic OH excluding ortho intramolecular Hbond substituents is 1. The lowest BCUT2D eigenvalue weighted by Crippen LogP contribution is -2.43. The second kappa shape index (κ2) is 6.35. The number of piperidine rings is 1. The van der Waals surface area contributed by atoms with E-state index in [-0.39, 0.29) is 17.1 Å². The normalized spacial score (nSPS) is 18.2. The van der Waals surface area contributed by atoms with Crippen LogP contribution in [0.5, 0.6) is 11.5 Å². The number of amides is 1. The van der Waals surface area contributed by atoms with E-state index < -0.39 is 0 Å². The summed E-state index contributed by atoms with van der Waals surface area (Å²) in [7, 11) is 3.61. The van der Waals surface area contributed by atoms with Crippen LogP contribution in [0.15, 0.2) is 18.2 Å². The number of hydrogen-bond acceptors (Lipinski definition) is 4. The minimum atomic E-state index is -0.159. The summed E-state index contributed by atoms with van der Waals surface area (Å²) in [5.41, 5.74) is 0.598. The van der Waals surface area contributed by atoms with Crippen LogP contribution in [0.4, 0.5) is 0 Å². The molecule has 5 nitrogen and oxygen atoms in total. The standard InChI is InChI=1S/C16H24N2O3/c1-16(6-8-18(2)9-7-16)11-17-15(20)12-4-5-14(21-3)13(19)10-12/h4-5,10,19H,6-9,11H2,1-3H3,(H,17,20). The quantitative estimate of drug-likeness (QED) is 0.889. The van der Waals surface area contributed by atoms with Gasteiger partial charge in [-0.2, -0.15) is 0 Å². The Labute approximate surface area is 125 Å². The van der Waals surface area contributed by atoms with Gasteiger partial charge in [-0.05, 0) is 56.6 Å². The molecular formula is C16H24N2O3. The van der Waals surface area contributed by atoms with Gasteiger partial charge in [-0.25, -0.2) is 0 Å². The fourth-order valence-corrected chi connectivity index (χ4v) is 2.56. The van der Waals surface area contributed by atoms with Crippen LogP contribution in [0, 0.1) is 5.41 Å². The lowest BCUT2D eigenvalue weighted by Gasteiger charge is -2.37. The van der Waals surface area contributed by atoms with Gasteiger partial charge in [0.1, 0.15) is 0 Å². The molecule has 2 rings (SSSR count). The number of methoxy groups -OCH3 is 1. The van der Waals surface area contributed by atoms with E-state index in [2.05, 4.69) is 24.2 Å². The van der Waals surface area contributed by atoms with Crippen LogP contribution >= 0.6 is 0 Å². The molecule has 116 valence electrons. The minimum absolute atomic E-state index is 0.0179. The van der Waals surface area contributed by atoms with E-state index in [9.17, 15) is 9.90 Å². The Morgan fingerprint density at radius 3 is 2.67 bits per heavy atom. The molecule has 0 saturated carbocycles. The molecule has 1 aromatic rings. The van der Waals surface area contributed by atoms with Gasteiger partial charge < -0.3 is 20.1 Å². The van der Waals surface area contributed by atoms with E-state index in [1.54, 1.807) is 12.1 Å². The van der Waals surface area contributed by atoms with Crippen molar-refractivity contribution in [1.82, 2.24) is 10.2 Å². The zero-order chi connectivity index (χ0) is 15.5. The van der Waals surface area contributed by atoms with Gasteiger partial charge in [-0.15, -0.1) is 0 Å². The molecule has 21 heavy (non-hydrogen) atoms. The average Bonchev–Trinajstić information content (AvgIpc) is 2.48. The molecule has 2 N–H and O–H groups in total. The number of aromatic hydroxyl groups is 1. The molecule has 1 aliphatic rings. The smallest absolute Gasteiger partial charge is 0.251 e. The lowest BCUT2D eigenvalue weighted by atomic mass is 9.80. The van der Waals surface area contributed by atoms with Crippen molar-refractivity contribution in [3.8, 4) is 11.5 Å². The van der Waals surface area contributed by atoms with Crippen LogP contribution in [0.25, 0.3) is 0 Å². The molecule has 1 heterocycles. The Kier molecular flexibility index (Phi) is 4.73. The topological polar surface area (TPSA) is 61.8 Å². The maximum atomic E-state index is 12.2. The highest BCUT2D eigenvalue weighted by Gasteiger charge is 2.29. The number of nitrogens with one attached hydrogen (secondary N) is 1. The van der Waals surface area contributed by atoms with Crippen molar-refractivity contribution in [1.29, 1.82) is 0 Å². The largest absolute Gasteiger partial charge is 0.504 e. The number of nitrogens with zero attached hydrogens (tertiary/aromatic N) is 1. The number of rotatable bonds is 4. The third-order valence-corrected chi connectivity index (χ3v) is 4.31. The molecule has 1 fully saturated rings. The highest BCUT2D eigenvalue weighted by molar-refractivity contribution is 5.94. The van der Waals surface area contributed by atoms with Crippen LogP contribution in [0.2, 0.25) is 0 Å². The van der Waals surface area contributed by atoms with Crippen LogP contribution in [-0.2, 0) is 0 Å². The Bertz CT molecular complexity index is 508. The molecule has 0 atom stereocenters. The summed E-state index contributed by atoms with van der Waals surface area (Å²) in [4.78, 5) is 14.5. The van der Waals surface area contributed by atoms with Gasteiger partial charge in [-0.3, -0.25) is 4.79 Å². The predicted octanol–water partition coefficient (Wildman–Crippen LogP) is 1.86. The number of hydrogen-bond donors (Lipinski definition) is 2. The summed E-state index contributed by atoms with van der Waals surface area (Å²) in [6.45, 7) is 5.00. The van der Waals surface area contributed by atoms with Gasteiger partial charge in [0.05, 0.1) is 7.11 Å². The molecule has 1 amide bonds. The fraction of sp³-hybridized carbons (Fsp3) is 0.562.